The van der Waals surface area contributed by atoms with E-state index in [1.165, 1.54) is 41.3 Å². The van der Waals surface area contributed by atoms with Crippen molar-refractivity contribution in [2.24, 2.45) is 0 Å². The third kappa shape index (κ3) is 8.71. The van der Waals surface area contributed by atoms with Crippen LogP contribution in [0.2, 0.25) is 5.02 Å². The van der Waals surface area contributed by atoms with E-state index in [9.17, 15) is 18.0 Å². The van der Waals surface area contributed by atoms with Crippen LogP contribution in [-0.4, -0.2) is 44.3 Å². The molecule has 0 aliphatic rings. The highest BCUT2D eigenvalue weighted by Gasteiger charge is 2.35. The van der Waals surface area contributed by atoms with Gasteiger partial charge in [-0.25, -0.2) is 12.8 Å². The topological polar surface area (TPSA) is 86.8 Å². The van der Waals surface area contributed by atoms with E-state index in [0.29, 0.717) is 6.54 Å². The SMILES string of the molecule is CCCCNC(=O)[C@H](Cc1ccccc1)N(Cc1ccccc1F)C(=O)CN(c1ccccc1Cl)S(=O)(=O)c1ccc(C)cc1. The van der Waals surface area contributed by atoms with Crippen molar-refractivity contribution in [3.8, 4) is 0 Å². The zero-order valence-corrected chi connectivity index (χ0v) is 26.9. The number of sulfonamides is 1. The van der Waals surface area contributed by atoms with Crippen LogP contribution in [-0.2, 0) is 32.6 Å². The average Bonchev–Trinajstić information content (AvgIpc) is 3.03. The molecule has 0 aliphatic carbocycles. The molecule has 0 spiro atoms. The van der Waals surface area contributed by atoms with E-state index >= 15 is 4.39 Å². The Bertz CT molecular complexity index is 1700. The molecule has 0 aliphatic heterocycles. The number of halogens is 2. The molecule has 236 valence electrons. The molecule has 0 radical (unpaired) electrons. The van der Waals surface area contributed by atoms with Gasteiger partial charge in [0.05, 0.1) is 15.6 Å². The van der Waals surface area contributed by atoms with E-state index in [-0.39, 0.29) is 34.1 Å². The monoisotopic (exact) mass is 649 g/mol. The molecule has 0 saturated heterocycles. The summed E-state index contributed by atoms with van der Waals surface area (Å²) < 4.78 is 44.2. The number of para-hydroxylation sites is 1. The zero-order chi connectivity index (χ0) is 32.4. The fourth-order valence-electron chi connectivity index (χ4n) is 4.88. The molecule has 0 heterocycles. The first kappa shape index (κ1) is 33.7. The van der Waals surface area contributed by atoms with Gasteiger partial charge in [0, 0.05) is 25.1 Å². The van der Waals surface area contributed by atoms with Gasteiger partial charge in [-0.3, -0.25) is 13.9 Å². The molecule has 7 nitrogen and oxygen atoms in total. The van der Waals surface area contributed by atoms with Gasteiger partial charge in [-0.2, -0.15) is 0 Å². The average molecular weight is 650 g/mol. The Labute approximate surface area is 269 Å². The number of benzene rings is 4. The second-order valence-corrected chi connectivity index (χ2v) is 13.0. The van der Waals surface area contributed by atoms with Crippen LogP contribution in [0.3, 0.4) is 0 Å². The predicted octanol–water partition coefficient (Wildman–Crippen LogP) is 6.54. The van der Waals surface area contributed by atoms with Crippen LogP contribution in [0.25, 0.3) is 0 Å². The van der Waals surface area contributed by atoms with Crippen molar-refractivity contribution in [2.45, 2.75) is 50.6 Å². The van der Waals surface area contributed by atoms with Gasteiger partial charge in [-0.1, -0.05) is 103 Å². The summed E-state index contributed by atoms with van der Waals surface area (Å²) in [6.07, 6.45) is 1.72. The van der Waals surface area contributed by atoms with Crippen LogP contribution in [0.4, 0.5) is 10.1 Å². The number of carbonyl (C=O) groups is 2. The summed E-state index contributed by atoms with van der Waals surface area (Å²) >= 11 is 6.50. The fraction of sp³-hybridized carbons (Fsp3) is 0.257. The Balaban J connectivity index is 1.80. The Morgan fingerprint density at radius 3 is 2.20 bits per heavy atom. The summed E-state index contributed by atoms with van der Waals surface area (Å²) in [5, 5.41) is 3.04. The maximum atomic E-state index is 15.0. The van der Waals surface area contributed by atoms with Gasteiger partial charge >= 0.3 is 0 Å². The van der Waals surface area contributed by atoms with E-state index in [2.05, 4.69) is 5.32 Å². The molecule has 0 unspecified atom stereocenters. The van der Waals surface area contributed by atoms with Gasteiger partial charge in [0.2, 0.25) is 11.8 Å². The molecular formula is C35H37ClFN3O4S. The quantitative estimate of drug-likeness (QED) is 0.157. The first-order valence-corrected chi connectivity index (χ1v) is 16.6. The summed E-state index contributed by atoms with van der Waals surface area (Å²) in [5.74, 6) is -1.65. The van der Waals surface area contributed by atoms with Gasteiger partial charge in [0.15, 0.2) is 0 Å². The fourth-order valence-corrected chi connectivity index (χ4v) is 6.60. The highest BCUT2D eigenvalue weighted by Crippen LogP contribution is 2.31. The number of unbranched alkanes of at least 4 members (excludes halogenated alkanes) is 1. The molecule has 45 heavy (non-hydrogen) atoms. The number of amides is 2. The molecule has 2 amide bonds. The summed E-state index contributed by atoms with van der Waals surface area (Å²) in [6, 6.07) is 26.7. The van der Waals surface area contributed by atoms with E-state index in [1.807, 2.05) is 44.2 Å². The van der Waals surface area contributed by atoms with Crippen LogP contribution in [0.5, 0.6) is 0 Å². The molecule has 4 aromatic carbocycles. The molecule has 1 N–H and O–H groups in total. The van der Waals surface area contributed by atoms with Gasteiger partial charge in [-0.05, 0) is 49.2 Å². The van der Waals surface area contributed by atoms with Crippen molar-refractivity contribution in [1.82, 2.24) is 10.2 Å². The Morgan fingerprint density at radius 1 is 0.889 bits per heavy atom. The van der Waals surface area contributed by atoms with Crippen molar-refractivity contribution in [1.29, 1.82) is 0 Å². The van der Waals surface area contributed by atoms with Gasteiger partial charge < -0.3 is 10.2 Å². The molecule has 4 aromatic rings. The second-order valence-electron chi connectivity index (χ2n) is 10.7. The highest BCUT2D eigenvalue weighted by molar-refractivity contribution is 7.92. The van der Waals surface area contributed by atoms with Crippen LogP contribution in [0.1, 0.15) is 36.5 Å². The number of anilines is 1. The maximum Gasteiger partial charge on any atom is 0.264 e. The predicted molar refractivity (Wildman–Crippen MR) is 176 cm³/mol. The van der Waals surface area contributed by atoms with Crippen molar-refractivity contribution < 1.29 is 22.4 Å². The largest absolute Gasteiger partial charge is 0.354 e. The van der Waals surface area contributed by atoms with Crippen molar-refractivity contribution >= 4 is 39.1 Å². The summed E-state index contributed by atoms with van der Waals surface area (Å²) in [5.41, 5.74) is 1.94. The Morgan fingerprint density at radius 2 is 1.53 bits per heavy atom. The van der Waals surface area contributed by atoms with E-state index in [1.54, 1.807) is 36.4 Å². The number of rotatable bonds is 14. The Kier molecular flexibility index (Phi) is 11.7. The zero-order valence-electron chi connectivity index (χ0n) is 25.3. The normalized spacial score (nSPS) is 11.9. The molecule has 0 saturated carbocycles. The lowest BCUT2D eigenvalue weighted by Crippen LogP contribution is -2.53. The third-order valence-electron chi connectivity index (χ3n) is 7.41. The molecule has 4 rings (SSSR count). The van der Waals surface area contributed by atoms with Gasteiger partial charge in [0.25, 0.3) is 10.0 Å². The summed E-state index contributed by atoms with van der Waals surface area (Å²) in [6.45, 7) is 3.30. The minimum absolute atomic E-state index is 0.0281. The number of nitrogens with zero attached hydrogens (tertiary/aromatic N) is 2. The van der Waals surface area contributed by atoms with E-state index in [0.717, 1.165) is 28.3 Å². The number of carbonyl (C=O) groups excluding carboxylic acids is 2. The first-order chi connectivity index (χ1) is 21.6. The van der Waals surface area contributed by atoms with Gasteiger partial charge in [-0.15, -0.1) is 0 Å². The molecular weight excluding hydrogens is 613 g/mol. The van der Waals surface area contributed by atoms with Crippen LogP contribution in [0, 0.1) is 12.7 Å². The number of nitrogens with one attached hydrogen (secondary N) is 1. The lowest BCUT2D eigenvalue weighted by Gasteiger charge is -2.34. The minimum Gasteiger partial charge on any atom is -0.354 e. The minimum atomic E-state index is -4.30. The van der Waals surface area contributed by atoms with E-state index < -0.39 is 40.2 Å². The van der Waals surface area contributed by atoms with Crippen LogP contribution < -0.4 is 9.62 Å². The lowest BCUT2D eigenvalue weighted by molar-refractivity contribution is -0.140. The number of aryl methyl sites for hydroxylation is 1. The maximum absolute atomic E-state index is 15.0. The molecule has 0 fully saturated rings. The number of hydrogen-bond acceptors (Lipinski definition) is 4. The van der Waals surface area contributed by atoms with Crippen LogP contribution in [0.15, 0.2) is 108 Å². The lowest BCUT2D eigenvalue weighted by atomic mass is 10.0. The Hall–Kier alpha value is -4.21. The van der Waals surface area contributed by atoms with Gasteiger partial charge in [0.1, 0.15) is 18.4 Å². The molecule has 10 heteroatoms. The molecule has 0 bridgehead atoms. The number of hydrogen-bond donors (Lipinski definition) is 1. The molecule has 1 atom stereocenters. The first-order valence-electron chi connectivity index (χ1n) is 14.8. The second kappa shape index (κ2) is 15.7. The van der Waals surface area contributed by atoms with Crippen molar-refractivity contribution in [3.63, 3.8) is 0 Å². The van der Waals surface area contributed by atoms with E-state index in [4.69, 9.17) is 11.6 Å². The van der Waals surface area contributed by atoms with Crippen LogP contribution >= 0.6 is 11.6 Å². The standard InChI is InChI=1S/C35H37ClFN3O4S/c1-3-4-22-38-35(42)33(23-27-12-6-5-7-13-27)39(24-28-14-8-10-16-31(28)37)34(41)25-40(32-17-11-9-15-30(32)36)45(43,44)29-20-18-26(2)19-21-29/h5-21,33H,3-4,22-25H2,1-2H3,(H,38,42)/t33-/m0/s1. The highest BCUT2D eigenvalue weighted by atomic mass is 35.5. The summed E-state index contributed by atoms with van der Waals surface area (Å²) in [4.78, 5) is 29.4. The molecule has 0 aromatic heterocycles. The van der Waals surface area contributed by atoms with Crippen molar-refractivity contribution in [3.05, 3.63) is 131 Å². The smallest absolute Gasteiger partial charge is 0.264 e. The summed E-state index contributed by atoms with van der Waals surface area (Å²) in [7, 11) is -4.30. The third-order valence-corrected chi connectivity index (χ3v) is 9.50. The van der Waals surface area contributed by atoms with Crippen molar-refractivity contribution in [2.75, 3.05) is 17.4 Å².